The van der Waals surface area contributed by atoms with Gasteiger partial charge in [-0.25, -0.2) is 9.48 Å². The van der Waals surface area contributed by atoms with Crippen LogP contribution < -0.4 is 16.0 Å². The van der Waals surface area contributed by atoms with Gasteiger partial charge in [0.15, 0.2) is 0 Å². The molecular weight excluding hydrogens is 416 g/mol. The summed E-state index contributed by atoms with van der Waals surface area (Å²) in [6, 6.07) is 6.15. The molecule has 3 N–H and O–H groups in total. The van der Waals surface area contributed by atoms with Gasteiger partial charge < -0.3 is 5.11 Å². The molecule has 0 atom stereocenters. The summed E-state index contributed by atoms with van der Waals surface area (Å²) in [5.41, 5.74) is 4.31. The van der Waals surface area contributed by atoms with Gasteiger partial charge in [0.05, 0.1) is 16.9 Å². The van der Waals surface area contributed by atoms with Crippen molar-refractivity contribution in [3.8, 4) is 5.69 Å². The van der Waals surface area contributed by atoms with Crippen LogP contribution in [0, 0.1) is 0 Å². The second-order valence-electron chi connectivity index (χ2n) is 9.41. The van der Waals surface area contributed by atoms with E-state index in [9.17, 15) is 9.59 Å². The monoisotopic (exact) mass is 444 g/mol. The first kappa shape index (κ1) is 22.5. The smallest absolute Gasteiger partial charge is 0.335 e. The maximum absolute atomic E-state index is 13.4. The Kier molecular flexibility index (Phi) is 5.70. The quantitative estimate of drug-likeness (QED) is 0.513. The van der Waals surface area contributed by atoms with Gasteiger partial charge in [0.1, 0.15) is 10.7 Å². The van der Waals surface area contributed by atoms with Gasteiger partial charge in [-0.15, -0.1) is 10.2 Å². The normalized spacial score (nSPS) is 12.1. The van der Waals surface area contributed by atoms with E-state index in [-0.39, 0.29) is 22.0 Å². The Hall–Kier alpha value is -3.14. The molecule has 1 aromatic carbocycles. The molecule has 9 nitrogen and oxygen atoms in total. The van der Waals surface area contributed by atoms with Crippen molar-refractivity contribution in [2.24, 2.45) is 0 Å². The average molecular weight is 445 g/mol. The van der Waals surface area contributed by atoms with Crippen molar-refractivity contribution in [3.63, 3.8) is 0 Å². The highest BCUT2D eigenvalue weighted by molar-refractivity contribution is 7.15. The lowest BCUT2D eigenvalue weighted by atomic mass is 9.91. The van der Waals surface area contributed by atoms with Crippen molar-refractivity contribution in [1.82, 2.24) is 20.0 Å². The number of hydrogen-bond donors (Lipinski definition) is 3. The van der Waals surface area contributed by atoms with Crippen molar-refractivity contribution >= 4 is 28.1 Å². The number of nitrogens with one attached hydrogen (secondary N) is 2. The summed E-state index contributed by atoms with van der Waals surface area (Å²) in [5, 5.41) is 23.9. The van der Waals surface area contributed by atoms with E-state index in [1.54, 1.807) is 24.2 Å². The first-order valence-corrected chi connectivity index (χ1v) is 10.6. The molecule has 0 bridgehead atoms. The van der Waals surface area contributed by atoms with Crippen molar-refractivity contribution in [2.45, 2.75) is 52.4 Å². The van der Waals surface area contributed by atoms with Gasteiger partial charge in [0, 0.05) is 17.9 Å². The number of hydrogen-bond acceptors (Lipinski definition) is 7. The molecule has 10 heteroatoms. The molecule has 0 aliphatic heterocycles. The lowest BCUT2D eigenvalue weighted by Crippen LogP contribution is -2.32. The highest BCUT2D eigenvalue weighted by Crippen LogP contribution is 2.31. The molecule has 0 saturated heterocycles. The Bertz CT molecular complexity index is 1150. The van der Waals surface area contributed by atoms with E-state index in [2.05, 4.69) is 41.5 Å². The van der Waals surface area contributed by atoms with E-state index in [0.29, 0.717) is 16.5 Å². The molecule has 3 aromatic rings. The van der Waals surface area contributed by atoms with Crippen LogP contribution in [0.1, 0.15) is 62.6 Å². The number of nitrogens with zero attached hydrogens (tertiary/aromatic N) is 4. The van der Waals surface area contributed by atoms with E-state index in [1.807, 2.05) is 20.8 Å². The Morgan fingerprint density at radius 3 is 2.19 bits per heavy atom. The van der Waals surface area contributed by atoms with Crippen molar-refractivity contribution < 1.29 is 9.90 Å². The molecule has 0 amide bonds. The third-order valence-electron chi connectivity index (χ3n) is 4.65. The molecule has 2 heterocycles. The van der Waals surface area contributed by atoms with Crippen LogP contribution in [0.25, 0.3) is 5.69 Å². The minimum Gasteiger partial charge on any atom is -0.478 e. The fraction of sp³-hybridized carbons (Fsp3) is 0.429. The van der Waals surface area contributed by atoms with Gasteiger partial charge in [-0.3, -0.25) is 20.3 Å². The SMILES string of the molecule is CN(Nc1nnc(C(C)(C)C)s1)c1c(C(C)(C)C)[nH]n(-c2ccc(C(=O)O)cc2)c1=O. The number of aromatic carboxylic acids is 1. The van der Waals surface area contributed by atoms with Crippen LogP contribution >= 0.6 is 11.3 Å². The zero-order chi connectivity index (χ0) is 23.1. The first-order valence-electron chi connectivity index (χ1n) is 9.82. The largest absolute Gasteiger partial charge is 0.478 e. The van der Waals surface area contributed by atoms with Crippen molar-refractivity contribution in [3.05, 3.63) is 50.9 Å². The standard InChI is InChI=1S/C21H28N6O3S/c1-20(2,3)15-14(26(7)25-19-23-22-18(31-19)21(4,5)6)16(28)27(24-15)13-10-8-12(9-11-13)17(29)30/h8-11,24H,1-7H3,(H,23,25)(H,29,30). The maximum atomic E-state index is 13.4. The fourth-order valence-electron chi connectivity index (χ4n) is 2.97. The van der Waals surface area contributed by atoms with E-state index >= 15 is 0 Å². The third-order valence-corrected chi connectivity index (χ3v) is 5.91. The van der Waals surface area contributed by atoms with Crippen LogP contribution in [0.4, 0.5) is 10.8 Å². The number of aromatic amines is 1. The van der Waals surface area contributed by atoms with E-state index in [1.165, 1.54) is 28.2 Å². The second-order valence-corrected chi connectivity index (χ2v) is 10.4. The number of aromatic nitrogens is 4. The molecular formula is C21H28N6O3S. The molecule has 31 heavy (non-hydrogen) atoms. The Morgan fingerprint density at radius 2 is 1.71 bits per heavy atom. The molecule has 2 aromatic heterocycles. The molecule has 0 aliphatic rings. The number of carbonyl (C=O) groups is 1. The minimum absolute atomic E-state index is 0.115. The van der Waals surface area contributed by atoms with Crippen molar-refractivity contribution in [2.75, 3.05) is 17.5 Å². The zero-order valence-corrected chi connectivity index (χ0v) is 19.6. The van der Waals surface area contributed by atoms with Crippen LogP contribution in [-0.2, 0) is 10.8 Å². The topological polar surface area (TPSA) is 116 Å². The Labute approximate surface area is 184 Å². The molecule has 0 unspecified atom stereocenters. The molecule has 0 fully saturated rings. The summed E-state index contributed by atoms with van der Waals surface area (Å²) in [7, 11) is 1.76. The lowest BCUT2D eigenvalue weighted by Gasteiger charge is -2.24. The van der Waals surface area contributed by atoms with Crippen LogP contribution in [0.3, 0.4) is 0 Å². The maximum Gasteiger partial charge on any atom is 0.335 e. The van der Waals surface area contributed by atoms with Gasteiger partial charge in [-0.1, -0.05) is 52.9 Å². The summed E-state index contributed by atoms with van der Waals surface area (Å²) in [6.07, 6.45) is 0. The van der Waals surface area contributed by atoms with Gasteiger partial charge in [-0.2, -0.15) is 0 Å². The highest BCUT2D eigenvalue weighted by atomic mass is 32.1. The van der Waals surface area contributed by atoms with Crippen LogP contribution in [-0.4, -0.2) is 38.1 Å². The van der Waals surface area contributed by atoms with Crippen LogP contribution in [0.2, 0.25) is 0 Å². The number of carboxylic acid groups (broad SMARTS) is 1. The Morgan fingerprint density at radius 1 is 1.10 bits per heavy atom. The number of rotatable bonds is 5. The summed E-state index contributed by atoms with van der Waals surface area (Å²) in [6.45, 7) is 12.2. The first-order chi connectivity index (χ1) is 14.3. The number of benzene rings is 1. The predicted molar refractivity (Wildman–Crippen MR) is 123 cm³/mol. The molecule has 0 aliphatic carbocycles. The summed E-state index contributed by atoms with van der Waals surface area (Å²) < 4.78 is 1.42. The van der Waals surface area contributed by atoms with E-state index in [0.717, 1.165) is 10.7 Å². The number of hydrazine groups is 1. The third kappa shape index (κ3) is 4.63. The highest BCUT2D eigenvalue weighted by Gasteiger charge is 2.28. The van der Waals surface area contributed by atoms with Crippen LogP contribution in [0.15, 0.2) is 29.1 Å². The summed E-state index contributed by atoms with van der Waals surface area (Å²) in [4.78, 5) is 24.5. The average Bonchev–Trinajstić information content (AvgIpc) is 3.26. The summed E-state index contributed by atoms with van der Waals surface area (Å²) in [5.74, 6) is -1.02. The van der Waals surface area contributed by atoms with Gasteiger partial charge in [0.25, 0.3) is 5.56 Å². The van der Waals surface area contributed by atoms with Crippen LogP contribution in [0.5, 0.6) is 0 Å². The molecule has 3 rings (SSSR count). The van der Waals surface area contributed by atoms with Gasteiger partial charge >= 0.3 is 5.97 Å². The minimum atomic E-state index is -1.02. The van der Waals surface area contributed by atoms with E-state index < -0.39 is 5.97 Å². The molecule has 166 valence electrons. The van der Waals surface area contributed by atoms with Gasteiger partial charge in [-0.05, 0) is 24.3 Å². The molecule has 0 saturated carbocycles. The Balaban J connectivity index is 2.01. The molecule has 0 radical (unpaired) electrons. The summed E-state index contributed by atoms with van der Waals surface area (Å²) >= 11 is 1.44. The van der Waals surface area contributed by atoms with Crippen molar-refractivity contribution in [1.29, 1.82) is 0 Å². The zero-order valence-electron chi connectivity index (χ0n) is 18.8. The number of anilines is 2. The second kappa shape index (κ2) is 7.84. The number of carboxylic acids is 1. The lowest BCUT2D eigenvalue weighted by molar-refractivity contribution is 0.0697. The van der Waals surface area contributed by atoms with Gasteiger partial charge in [0.2, 0.25) is 5.13 Å². The van der Waals surface area contributed by atoms with E-state index in [4.69, 9.17) is 5.11 Å². The number of H-pyrrole nitrogens is 1. The molecule has 0 spiro atoms. The fourth-order valence-corrected chi connectivity index (χ4v) is 3.80. The predicted octanol–water partition coefficient (Wildman–Crippen LogP) is 3.77.